The van der Waals surface area contributed by atoms with Gasteiger partial charge in [-0.1, -0.05) is 29.6 Å². The summed E-state index contributed by atoms with van der Waals surface area (Å²) in [6.45, 7) is 0.689. The van der Waals surface area contributed by atoms with Crippen LogP contribution in [0.4, 0.5) is 0 Å². The molecule has 0 atom stereocenters. The zero-order valence-electron chi connectivity index (χ0n) is 14.2. The summed E-state index contributed by atoms with van der Waals surface area (Å²) >= 11 is 5.89. The van der Waals surface area contributed by atoms with E-state index in [2.05, 4.69) is 25.8 Å². The molecule has 1 aromatic heterocycles. The van der Waals surface area contributed by atoms with Crippen LogP contribution in [0.25, 0.3) is 11.4 Å². The molecule has 0 radical (unpaired) electrons. The Kier molecular flexibility index (Phi) is 7.95. The molecule has 0 saturated heterocycles. The van der Waals surface area contributed by atoms with Crippen molar-refractivity contribution in [3.63, 3.8) is 0 Å². The molecule has 1 saturated carbocycles. The van der Waals surface area contributed by atoms with Crippen LogP contribution in [0.3, 0.4) is 0 Å². The number of nitrogens with one attached hydrogen (secondary N) is 2. The van der Waals surface area contributed by atoms with Crippen LogP contribution in [0.1, 0.15) is 31.6 Å². The number of aromatic nitrogens is 2. The summed E-state index contributed by atoms with van der Waals surface area (Å²) < 4.78 is 5.30. The van der Waals surface area contributed by atoms with E-state index in [1.807, 2.05) is 24.3 Å². The number of benzene rings is 1. The lowest BCUT2D eigenvalue weighted by molar-refractivity contribution is 0.378. The lowest BCUT2D eigenvalue weighted by Crippen LogP contribution is -2.43. The lowest BCUT2D eigenvalue weighted by atomic mass is 10.2. The highest BCUT2D eigenvalue weighted by Crippen LogP contribution is 2.19. The van der Waals surface area contributed by atoms with E-state index in [1.54, 1.807) is 7.05 Å². The third-order valence-electron chi connectivity index (χ3n) is 4.12. The Morgan fingerprint density at radius 2 is 2.00 bits per heavy atom. The number of halogens is 2. The molecular formula is C17H23ClIN5O. The van der Waals surface area contributed by atoms with Crippen molar-refractivity contribution in [2.24, 2.45) is 4.99 Å². The molecule has 1 aromatic carbocycles. The Morgan fingerprint density at radius 3 is 2.68 bits per heavy atom. The number of nitrogens with zero attached hydrogens (tertiary/aromatic N) is 3. The fourth-order valence-corrected chi connectivity index (χ4v) is 2.94. The van der Waals surface area contributed by atoms with Gasteiger partial charge in [0.05, 0.1) is 0 Å². The molecule has 2 N–H and O–H groups in total. The summed E-state index contributed by atoms with van der Waals surface area (Å²) in [4.78, 5) is 8.67. The summed E-state index contributed by atoms with van der Waals surface area (Å²) in [6, 6.07) is 7.92. The minimum Gasteiger partial charge on any atom is -0.356 e. The molecule has 1 aliphatic rings. The van der Waals surface area contributed by atoms with E-state index in [1.165, 1.54) is 25.7 Å². The smallest absolute Gasteiger partial charge is 0.228 e. The van der Waals surface area contributed by atoms with Crippen LogP contribution in [0.15, 0.2) is 33.8 Å². The average molecular weight is 476 g/mol. The Bertz CT molecular complexity index is 683. The zero-order chi connectivity index (χ0) is 16.8. The third-order valence-corrected chi connectivity index (χ3v) is 4.37. The fourth-order valence-electron chi connectivity index (χ4n) is 2.82. The zero-order valence-corrected chi connectivity index (χ0v) is 17.3. The van der Waals surface area contributed by atoms with E-state index in [4.69, 9.17) is 16.1 Å². The fraction of sp³-hybridized carbons (Fsp3) is 0.471. The second-order valence-electron chi connectivity index (χ2n) is 5.89. The van der Waals surface area contributed by atoms with Crippen LogP contribution < -0.4 is 10.6 Å². The Morgan fingerprint density at radius 1 is 1.28 bits per heavy atom. The van der Waals surface area contributed by atoms with Gasteiger partial charge in [-0.05, 0) is 37.1 Å². The molecule has 1 aliphatic carbocycles. The molecule has 0 amide bonds. The van der Waals surface area contributed by atoms with Gasteiger partial charge in [0.15, 0.2) is 5.96 Å². The molecule has 0 spiro atoms. The minimum atomic E-state index is 0. The van der Waals surface area contributed by atoms with Crippen LogP contribution >= 0.6 is 35.6 Å². The summed E-state index contributed by atoms with van der Waals surface area (Å²) in [5, 5.41) is 11.4. The quantitative estimate of drug-likeness (QED) is 0.392. The molecule has 6 nitrogen and oxygen atoms in total. The highest BCUT2D eigenvalue weighted by Gasteiger charge is 2.16. The van der Waals surface area contributed by atoms with Crippen LogP contribution in [-0.2, 0) is 6.42 Å². The average Bonchev–Trinajstić information content (AvgIpc) is 3.26. The van der Waals surface area contributed by atoms with Crippen molar-refractivity contribution in [3.8, 4) is 11.4 Å². The summed E-state index contributed by atoms with van der Waals surface area (Å²) in [7, 11) is 1.79. The molecule has 1 fully saturated rings. The van der Waals surface area contributed by atoms with E-state index in [0.29, 0.717) is 35.7 Å². The standard InChI is InChI=1S/C17H22ClN5O.HI/c1-19-17(21-14-4-2-3-5-14)20-11-10-15-22-16(23-24-15)12-6-8-13(18)9-7-12;/h6-9,14H,2-5,10-11H2,1H3,(H2,19,20,21);1H. The Labute approximate surface area is 169 Å². The molecule has 25 heavy (non-hydrogen) atoms. The summed E-state index contributed by atoms with van der Waals surface area (Å²) in [6.07, 6.45) is 5.67. The molecule has 0 aliphatic heterocycles. The second kappa shape index (κ2) is 9.96. The SMILES string of the molecule is CN=C(NCCc1nc(-c2ccc(Cl)cc2)no1)NC1CCCC1.I. The first-order valence-corrected chi connectivity index (χ1v) is 8.68. The monoisotopic (exact) mass is 475 g/mol. The highest BCUT2D eigenvalue weighted by atomic mass is 127. The van der Waals surface area contributed by atoms with Crippen molar-refractivity contribution >= 4 is 41.5 Å². The van der Waals surface area contributed by atoms with Gasteiger partial charge in [0, 0.05) is 36.6 Å². The van der Waals surface area contributed by atoms with Crippen molar-refractivity contribution in [2.75, 3.05) is 13.6 Å². The maximum atomic E-state index is 5.89. The van der Waals surface area contributed by atoms with Crippen molar-refractivity contribution in [1.29, 1.82) is 0 Å². The number of aliphatic imine (C=N–C) groups is 1. The van der Waals surface area contributed by atoms with Gasteiger partial charge in [-0.15, -0.1) is 24.0 Å². The molecular weight excluding hydrogens is 453 g/mol. The Balaban J connectivity index is 0.00000225. The number of rotatable bonds is 5. The molecule has 2 aromatic rings. The van der Waals surface area contributed by atoms with E-state index < -0.39 is 0 Å². The van der Waals surface area contributed by atoms with Gasteiger partial charge in [-0.3, -0.25) is 4.99 Å². The Hall–Kier alpha value is -1.35. The van der Waals surface area contributed by atoms with Gasteiger partial charge in [-0.2, -0.15) is 4.98 Å². The number of guanidine groups is 1. The van der Waals surface area contributed by atoms with Crippen LogP contribution in [-0.4, -0.2) is 35.7 Å². The normalized spacial score (nSPS) is 15.0. The largest absolute Gasteiger partial charge is 0.356 e. The van der Waals surface area contributed by atoms with Crippen molar-refractivity contribution < 1.29 is 4.52 Å². The highest BCUT2D eigenvalue weighted by molar-refractivity contribution is 14.0. The topological polar surface area (TPSA) is 75.3 Å². The molecule has 136 valence electrons. The first kappa shape index (κ1) is 20.0. The van der Waals surface area contributed by atoms with E-state index >= 15 is 0 Å². The van der Waals surface area contributed by atoms with Crippen molar-refractivity contribution in [2.45, 2.75) is 38.1 Å². The predicted octanol–water partition coefficient (Wildman–Crippen LogP) is 3.66. The first-order chi connectivity index (χ1) is 11.7. The summed E-state index contributed by atoms with van der Waals surface area (Å²) in [5.41, 5.74) is 0.890. The maximum Gasteiger partial charge on any atom is 0.228 e. The maximum absolute atomic E-state index is 5.89. The van der Waals surface area contributed by atoms with Crippen molar-refractivity contribution in [1.82, 2.24) is 20.8 Å². The van der Waals surface area contributed by atoms with Crippen LogP contribution in [0, 0.1) is 0 Å². The van der Waals surface area contributed by atoms with E-state index in [0.717, 1.165) is 11.5 Å². The third kappa shape index (κ3) is 5.85. The van der Waals surface area contributed by atoms with E-state index in [9.17, 15) is 0 Å². The minimum absolute atomic E-state index is 0. The van der Waals surface area contributed by atoms with Crippen LogP contribution in [0.5, 0.6) is 0 Å². The molecule has 3 rings (SSSR count). The van der Waals surface area contributed by atoms with Crippen molar-refractivity contribution in [3.05, 3.63) is 35.2 Å². The van der Waals surface area contributed by atoms with Gasteiger partial charge in [0.25, 0.3) is 0 Å². The predicted molar refractivity (Wildman–Crippen MR) is 111 cm³/mol. The van der Waals surface area contributed by atoms with Gasteiger partial charge in [-0.25, -0.2) is 0 Å². The van der Waals surface area contributed by atoms with Gasteiger partial charge < -0.3 is 15.2 Å². The number of hydrogen-bond acceptors (Lipinski definition) is 4. The molecule has 0 unspecified atom stereocenters. The van der Waals surface area contributed by atoms with Gasteiger partial charge in [0.2, 0.25) is 11.7 Å². The number of hydrogen-bond donors (Lipinski definition) is 2. The first-order valence-electron chi connectivity index (χ1n) is 8.30. The lowest BCUT2D eigenvalue weighted by Gasteiger charge is -2.16. The van der Waals surface area contributed by atoms with E-state index in [-0.39, 0.29) is 24.0 Å². The molecule has 8 heteroatoms. The molecule has 1 heterocycles. The van der Waals surface area contributed by atoms with Gasteiger partial charge >= 0.3 is 0 Å². The second-order valence-corrected chi connectivity index (χ2v) is 6.33. The van der Waals surface area contributed by atoms with Gasteiger partial charge in [0.1, 0.15) is 0 Å². The summed E-state index contributed by atoms with van der Waals surface area (Å²) in [5.74, 6) is 2.01. The van der Waals surface area contributed by atoms with Crippen LogP contribution in [0.2, 0.25) is 5.02 Å². The molecule has 0 bridgehead atoms.